The number of fused-ring (bicyclic) bond motifs is 2. The van der Waals surface area contributed by atoms with E-state index in [1.165, 1.54) is 58.6 Å². The molecular weight excluding hydrogens is 885 g/mol. The molecule has 0 aliphatic carbocycles. The molecule has 2 aromatic carbocycles. The lowest BCUT2D eigenvalue weighted by Crippen LogP contribution is -2.58. The first-order valence-electron chi connectivity index (χ1n) is 21.7. The van der Waals surface area contributed by atoms with E-state index in [0.717, 1.165) is 17.7 Å². The van der Waals surface area contributed by atoms with Crippen LogP contribution in [-0.2, 0) is 64.1 Å². The predicted octanol–water partition coefficient (Wildman–Crippen LogP) is 5.64. The quantitative estimate of drug-likeness (QED) is 0.0591. The van der Waals surface area contributed by atoms with Crippen LogP contribution in [-0.4, -0.2) is 89.1 Å². The normalized spacial score (nSPS) is 18.6. The Kier molecular flexibility index (Phi) is 16.5. The maximum absolute atomic E-state index is 16.3. The molecule has 66 heavy (non-hydrogen) atoms. The second-order valence-electron chi connectivity index (χ2n) is 18.5. The van der Waals surface area contributed by atoms with Gasteiger partial charge in [0.05, 0.1) is 10.8 Å². The van der Waals surface area contributed by atoms with Crippen LogP contribution in [0.2, 0.25) is 0 Å². The zero-order valence-electron chi connectivity index (χ0n) is 37.9. The first-order chi connectivity index (χ1) is 30.9. The summed E-state index contributed by atoms with van der Waals surface area (Å²) in [5, 5.41) is 8.31. The van der Waals surface area contributed by atoms with Crippen molar-refractivity contribution in [2.24, 2.45) is 16.6 Å². The number of benzene rings is 2. The number of rotatable bonds is 18. The summed E-state index contributed by atoms with van der Waals surface area (Å²) >= 11 is 0. The molecule has 0 unspecified atom stereocenters. The molecule has 4 atom stereocenters. The lowest BCUT2D eigenvalue weighted by atomic mass is 9.98. The number of nitrogens with two attached hydrogens (primary N) is 1. The summed E-state index contributed by atoms with van der Waals surface area (Å²) in [5.74, 6) is -4.74. The summed E-state index contributed by atoms with van der Waals surface area (Å²) in [7, 11) is -5.63. The van der Waals surface area contributed by atoms with Gasteiger partial charge in [0, 0.05) is 35.5 Å². The first kappa shape index (κ1) is 51.3. The van der Waals surface area contributed by atoms with Crippen LogP contribution in [0.15, 0.2) is 54.6 Å². The van der Waals surface area contributed by atoms with Crippen LogP contribution in [0.5, 0.6) is 0 Å². The molecule has 0 radical (unpaired) electrons. The Morgan fingerprint density at radius 3 is 2.09 bits per heavy atom. The Bertz CT molecular complexity index is 2290. The number of esters is 2. The molecule has 5 rings (SSSR count). The number of alkyl halides is 2. The summed E-state index contributed by atoms with van der Waals surface area (Å²) in [4.78, 5) is 95.9. The first-order valence-corrected chi connectivity index (χ1v) is 23.2. The number of hydrogen-bond acceptors (Lipinski definition) is 12. The van der Waals surface area contributed by atoms with Gasteiger partial charge in [-0.3, -0.25) is 47.2 Å². The highest BCUT2D eigenvalue weighted by molar-refractivity contribution is 7.54. The summed E-state index contributed by atoms with van der Waals surface area (Å²) < 4.78 is 66.3. The van der Waals surface area contributed by atoms with Crippen LogP contribution in [0.25, 0.3) is 10.9 Å². The van der Waals surface area contributed by atoms with Gasteiger partial charge in [0.15, 0.2) is 0 Å². The molecule has 0 bridgehead atoms. The van der Waals surface area contributed by atoms with E-state index in [0.29, 0.717) is 32.1 Å². The average Bonchev–Trinajstić information content (AvgIpc) is 3.88. The average molecular weight is 945 g/mol. The summed E-state index contributed by atoms with van der Waals surface area (Å²) in [6.45, 7) is 6.86. The Hall–Kier alpha value is -5.72. The molecule has 2 saturated heterocycles. The second kappa shape index (κ2) is 21.3. The van der Waals surface area contributed by atoms with Crippen molar-refractivity contribution in [2.45, 2.75) is 129 Å². The number of carbonyl (C=O) groups excluding carboxylic acids is 7. The van der Waals surface area contributed by atoms with Gasteiger partial charge in [0.2, 0.25) is 37.2 Å². The van der Waals surface area contributed by atoms with Crippen molar-refractivity contribution < 1.29 is 65.4 Å². The third kappa shape index (κ3) is 12.8. The molecule has 18 nitrogen and oxygen atoms in total. The molecule has 0 spiro atoms. The molecule has 6 N–H and O–H groups in total. The van der Waals surface area contributed by atoms with Crippen molar-refractivity contribution in [3.05, 3.63) is 71.4 Å². The zero-order chi connectivity index (χ0) is 48.6. The molecule has 360 valence electrons. The largest absolute Gasteiger partial charge is 0.438 e. The molecule has 1 aromatic heterocycles. The number of nitrogens with zero attached hydrogens (tertiary/aromatic N) is 1. The standard InChI is InChI=1S/C45H59F2N6O12P/c1-43(2,3)41(59)62-25-64-66(61,65-26-63-42(60)44(4,5)6)45(46,47)29-16-18-31-28(22-29)23-34(50-31)38(56)52-33-15-11-10-14-30-17-20-35(53(30)40(33)58)39(57)51-32(19-21-36(48)54)37(55)49-24-27-12-8-7-9-13-27/h7-9,12-13,16,18,22-23,30,32-33,35,50H,10-11,14-15,17,19-21,24-26H2,1-6H3,(H2,48,54)(H,49,55)(H,51,57)(H,52,56)/t30-,32-,33-,35-/m0/s1. The fraction of sp³-hybridized carbons (Fsp3) is 0.533. The van der Waals surface area contributed by atoms with Gasteiger partial charge in [-0.05, 0) is 97.4 Å². The smallest absolute Gasteiger partial charge is 0.410 e. The van der Waals surface area contributed by atoms with Crippen LogP contribution in [0, 0.1) is 10.8 Å². The van der Waals surface area contributed by atoms with Crippen LogP contribution in [0.1, 0.15) is 115 Å². The molecule has 2 aliphatic rings. The maximum atomic E-state index is 16.3. The monoisotopic (exact) mass is 944 g/mol. The number of H-pyrrole nitrogens is 1. The number of primary amides is 1. The van der Waals surface area contributed by atoms with Crippen molar-refractivity contribution in [1.82, 2.24) is 25.8 Å². The maximum Gasteiger partial charge on any atom is 0.410 e. The van der Waals surface area contributed by atoms with Gasteiger partial charge >= 0.3 is 25.2 Å². The zero-order valence-corrected chi connectivity index (χ0v) is 38.8. The van der Waals surface area contributed by atoms with Gasteiger partial charge in [0.1, 0.15) is 23.8 Å². The van der Waals surface area contributed by atoms with Gasteiger partial charge in [0.25, 0.3) is 5.91 Å². The summed E-state index contributed by atoms with van der Waals surface area (Å²) in [6, 6.07) is 9.91. The number of aromatic nitrogens is 1. The third-order valence-corrected chi connectivity index (χ3v) is 13.0. The number of halogens is 2. The van der Waals surface area contributed by atoms with E-state index < -0.39 is 103 Å². The highest BCUT2D eigenvalue weighted by Gasteiger charge is 2.56. The number of ether oxygens (including phenoxy) is 2. The minimum Gasteiger partial charge on any atom is -0.438 e. The van der Waals surface area contributed by atoms with Gasteiger partial charge in [-0.1, -0.05) is 49.2 Å². The van der Waals surface area contributed by atoms with Crippen LogP contribution in [0.3, 0.4) is 0 Å². The number of amides is 5. The SMILES string of the molecule is CC(C)(C)C(=O)OCOP(=O)(OCOC(=O)C(C)(C)C)C(F)(F)c1ccc2[nH]c(C(=O)N[C@H]3CCCC[C@H]4CC[C@@H](C(=O)N[C@@H](CCC(N)=O)C(=O)NCc5ccccc5)N4C3=O)cc2c1. The number of aromatic amines is 1. The summed E-state index contributed by atoms with van der Waals surface area (Å²) in [6.07, 6.45) is 2.65. The molecule has 2 fully saturated rings. The van der Waals surface area contributed by atoms with Gasteiger partial charge < -0.3 is 41.0 Å². The van der Waals surface area contributed by atoms with Gasteiger partial charge in [-0.15, -0.1) is 0 Å². The Morgan fingerprint density at radius 2 is 1.48 bits per heavy atom. The molecular formula is C45H59F2N6O12P. The van der Waals surface area contributed by atoms with Gasteiger partial charge in [-0.25, -0.2) is 0 Å². The Balaban J connectivity index is 1.31. The Morgan fingerprint density at radius 1 is 0.864 bits per heavy atom. The van der Waals surface area contributed by atoms with E-state index in [9.17, 15) is 38.1 Å². The molecule has 21 heteroatoms. The van der Waals surface area contributed by atoms with Crippen LogP contribution >= 0.6 is 7.60 Å². The third-order valence-electron chi connectivity index (χ3n) is 11.2. The molecule has 0 saturated carbocycles. The minimum atomic E-state index is -5.63. The second-order valence-corrected chi connectivity index (χ2v) is 20.5. The molecule has 5 amide bonds. The number of nitrogens with one attached hydrogen (secondary N) is 4. The van der Waals surface area contributed by atoms with E-state index in [4.69, 9.17) is 24.3 Å². The predicted molar refractivity (Wildman–Crippen MR) is 235 cm³/mol. The van der Waals surface area contributed by atoms with E-state index in [2.05, 4.69) is 20.9 Å². The van der Waals surface area contributed by atoms with Crippen molar-refractivity contribution >= 4 is 60.0 Å². The number of carbonyl (C=O) groups is 7. The lowest BCUT2D eigenvalue weighted by molar-refractivity contribution is -0.163. The van der Waals surface area contributed by atoms with E-state index in [1.807, 2.05) is 30.3 Å². The topological polar surface area (TPSA) is 255 Å². The highest BCUT2D eigenvalue weighted by atomic mass is 31.2. The fourth-order valence-corrected chi connectivity index (χ4v) is 8.66. The van der Waals surface area contributed by atoms with E-state index in [-0.39, 0.29) is 48.4 Å². The lowest BCUT2D eigenvalue weighted by Gasteiger charge is -2.35. The summed E-state index contributed by atoms with van der Waals surface area (Å²) in [5.41, 5.74) is -1.10. The van der Waals surface area contributed by atoms with Crippen molar-refractivity contribution in [3.63, 3.8) is 0 Å². The number of hydrogen-bond donors (Lipinski definition) is 5. The highest BCUT2D eigenvalue weighted by Crippen LogP contribution is 2.67. The van der Waals surface area contributed by atoms with E-state index >= 15 is 8.78 Å². The van der Waals surface area contributed by atoms with Crippen LogP contribution in [0.4, 0.5) is 8.78 Å². The molecule has 3 aromatic rings. The fourth-order valence-electron chi connectivity index (χ4n) is 7.42. The van der Waals surface area contributed by atoms with Crippen LogP contribution < -0.4 is 21.7 Å². The van der Waals surface area contributed by atoms with Gasteiger partial charge in [-0.2, -0.15) is 8.78 Å². The van der Waals surface area contributed by atoms with E-state index in [1.54, 1.807) is 0 Å². The van der Waals surface area contributed by atoms with Crippen molar-refractivity contribution in [3.8, 4) is 0 Å². The van der Waals surface area contributed by atoms with Crippen molar-refractivity contribution in [1.29, 1.82) is 0 Å². The molecule has 3 heterocycles. The minimum absolute atomic E-state index is 0.0706. The Labute approximate surface area is 381 Å². The van der Waals surface area contributed by atoms with Crippen molar-refractivity contribution in [2.75, 3.05) is 13.6 Å². The molecule has 2 aliphatic heterocycles.